The molecule has 3 aliphatic rings. The fraction of sp³-hybridized carbons (Fsp3) is 0.273. The summed E-state index contributed by atoms with van der Waals surface area (Å²) in [7, 11) is 0. The number of benzene rings is 7. The van der Waals surface area contributed by atoms with Crippen LogP contribution in [0.25, 0.3) is 44.2 Å². The Kier molecular flexibility index (Phi) is 9.13. The molecule has 0 N–H and O–H groups in total. The van der Waals surface area contributed by atoms with E-state index in [1.54, 1.807) is 5.56 Å². The molecule has 0 aliphatic heterocycles. The first-order chi connectivity index (χ1) is 27.5. The van der Waals surface area contributed by atoms with Gasteiger partial charge < -0.3 is 4.90 Å². The minimum Gasteiger partial charge on any atom is -0.310 e. The topological polar surface area (TPSA) is 3.24 Å². The predicted molar refractivity (Wildman–Crippen MR) is 239 cm³/mol. The molecule has 0 saturated heterocycles. The molecule has 278 valence electrons. The summed E-state index contributed by atoms with van der Waals surface area (Å²) < 4.78 is 0. The highest BCUT2D eigenvalue weighted by molar-refractivity contribution is 6.04. The summed E-state index contributed by atoms with van der Waals surface area (Å²) in [6.45, 7) is 4.89. The third-order valence-electron chi connectivity index (χ3n) is 13.7. The monoisotopic (exact) mass is 727 g/mol. The zero-order valence-corrected chi connectivity index (χ0v) is 33.1. The summed E-state index contributed by atoms with van der Waals surface area (Å²) in [6, 6.07) is 57.7. The summed E-state index contributed by atoms with van der Waals surface area (Å²) in [6.07, 6.45) is 13.4. The van der Waals surface area contributed by atoms with Crippen molar-refractivity contribution in [3.05, 3.63) is 174 Å². The Balaban J connectivity index is 1.08. The van der Waals surface area contributed by atoms with Gasteiger partial charge in [-0.2, -0.15) is 0 Å². The first-order valence-corrected chi connectivity index (χ1v) is 21.4. The van der Waals surface area contributed by atoms with Gasteiger partial charge in [-0.1, -0.05) is 168 Å². The van der Waals surface area contributed by atoms with Gasteiger partial charge in [0.05, 0.1) is 0 Å². The van der Waals surface area contributed by atoms with Gasteiger partial charge in [-0.3, -0.25) is 0 Å². The number of fused-ring (bicyclic) bond motifs is 4. The SMILES string of the molecule is CC1(C)c2cc(N(c3ccc(-c4ccc5ccccc5c4-c4ccccc4)cc3)c3ccc(C4CCCCC4)cc3)ccc2-c2c(C3CCCCC3)cccc21. The first kappa shape index (κ1) is 35.0. The van der Waals surface area contributed by atoms with Crippen LogP contribution in [0.3, 0.4) is 0 Å². The number of rotatable bonds is 7. The number of hydrogen-bond donors (Lipinski definition) is 0. The zero-order chi connectivity index (χ0) is 37.6. The number of anilines is 3. The van der Waals surface area contributed by atoms with Crippen molar-refractivity contribution in [2.45, 2.75) is 95.3 Å². The van der Waals surface area contributed by atoms with Crippen LogP contribution in [0.15, 0.2) is 152 Å². The van der Waals surface area contributed by atoms with Crippen LogP contribution in [0, 0.1) is 0 Å². The quantitative estimate of drug-likeness (QED) is 0.158. The van der Waals surface area contributed by atoms with Crippen molar-refractivity contribution < 1.29 is 0 Å². The van der Waals surface area contributed by atoms with Crippen LogP contribution in [0.1, 0.15) is 112 Å². The van der Waals surface area contributed by atoms with Crippen molar-refractivity contribution in [3.63, 3.8) is 0 Å². The fourth-order valence-corrected chi connectivity index (χ4v) is 10.7. The Morgan fingerprint density at radius 3 is 1.80 bits per heavy atom. The first-order valence-electron chi connectivity index (χ1n) is 21.4. The van der Waals surface area contributed by atoms with E-state index in [9.17, 15) is 0 Å². The van der Waals surface area contributed by atoms with Gasteiger partial charge in [0.2, 0.25) is 0 Å². The van der Waals surface area contributed by atoms with Crippen LogP contribution in [0.2, 0.25) is 0 Å². The van der Waals surface area contributed by atoms with Crippen LogP contribution in [0.5, 0.6) is 0 Å². The molecule has 0 amide bonds. The van der Waals surface area contributed by atoms with Crippen LogP contribution in [0.4, 0.5) is 17.1 Å². The van der Waals surface area contributed by atoms with Crippen LogP contribution in [-0.2, 0) is 5.41 Å². The summed E-state index contributed by atoms with van der Waals surface area (Å²) in [5.41, 5.74) is 17.5. The van der Waals surface area contributed by atoms with Gasteiger partial charge >= 0.3 is 0 Å². The molecular weight excluding hydrogens is 675 g/mol. The van der Waals surface area contributed by atoms with Crippen LogP contribution in [-0.4, -0.2) is 0 Å². The summed E-state index contributed by atoms with van der Waals surface area (Å²) in [4.78, 5) is 2.49. The van der Waals surface area contributed by atoms with E-state index in [0.717, 1.165) is 0 Å². The largest absolute Gasteiger partial charge is 0.310 e. The number of nitrogens with zero attached hydrogens (tertiary/aromatic N) is 1. The standard InChI is InChI=1S/C55H53N/c1-55(2)51-24-14-23-48(40-17-8-4-9-18-40)54(51)50-36-34-46(37-52(50)55)56(44-30-25-39(26-31-44)38-15-6-3-7-16-38)45-32-27-42(28-33-45)49-35-29-41-19-12-13-22-47(41)53(49)43-20-10-5-11-21-43/h5,10-14,19-38,40H,3-4,6-9,15-18H2,1-2H3. The van der Waals surface area contributed by atoms with Crippen molar-refractivity contribution in [2.75, 3.05) is 4.90 Å². The van der Waals surface area contributed by atoms with Crippen molar-refractivity contribution in [1.29, 1.82) is 0 Å². The third kappa shape index (κ3) is 6.17. The average molecular weight is 728 g/mol. The maximum absolute atomic E-state index is 2.51. The summed E-state index contributed by atoms with van der Waals surface area (Å²) >= 11 is 0. The normalized spacial score (nSPS) is 16.8. The van der Waals surface area contributed by atoms with E-state index in [2.05, 4.69) is 170 Å². The molecule has 0 bridgehead atoms. The van der Waals surface area contributed by atoms with Crippen molar-refractivity contribution >= 4 is 27.8 Å². The molecule has 7 aromatic rings. The fourth-order valence-electron chi connectivity index (χ4n) is 10.7. The Labute approximate surface area is 334 Å². The van der Waals surface area contributed by atoms with Gasteiger partial charge in [-0.05, 0) is 140 Å². The molecule has 1 heteroatoms. The van der Waals surface area contributed by atoms with E-state index in [4.69, 9.17) is 0 Å². The predicted octanol–water partition coefficient (Wildman–Crippen LogP) is 16.0. The van der Waals surface area contributed by atoms with Crippen LogP contribution < -0.4 is 4.90 Å². The summed E-state index contributed by atoms with van der Waals surface area (Å²) in [5, 5.41) is 2.55. The van der Waals surface area contributed by atoms with Crippen molar-refractivity contribution in [1.82, 2.24) is 0 Å². The van der Waals surface area contributed by atoms with Gasteiger partial charge in [0.1, 0.15) is 0 Å². The van der Waals surface area contributed by atoms with E-state index in [1.165, 1.54) is 142 Å². The summed E-state index contributed by atoms with van der Waals surface area (Å²) in [5.74, 6) is 1.35. The molecule has 0 aromatic heterocycles. The molecule has 0 unspecified atom stereocenters. The lowest BCUT2D eigenvalue weighted by Crippen LogP contribution is -2.17. The van der Waals surface area contributed by atoms with E-state index in [-0.39, 0.29) is 5.41 Å². The van der Waals surface area contributed by atoms with Gasteiger partial charge in [-0.25, -0.2) is 0 Å². The smallest absolute Gasteiger partial charge is 0.0465 e. The zero-order valence-electron chi connectivity index (χ0n) is 33.1. The highest BCUT2D eigenvalue weighted by Crippen LogP contribution is 2.54. The molecule has 0 atom stereocenters. The molecule has 0 heterocycles. The highest BCUT2D eigenvalue weighted by Gasteiger charge is 2.38. The molecular formula is C55H53N. The van der Waals surface area contributed by atoms with Gasteiger partial charge in [0.25, 0.3) is 0 Å². The van der Waals surface area contributed by atoms with E-state index in [1.807, 2.05) is 0 Å². The lowest BCUT2D eigenvalue weighted by molar-refractivity contribution is 0.443. The molecule has 2 fully saturated rings. The maximum atomic E-state index is 2.51. The highest BCUT2D eigenvalue weighted by atomic mass is 15.1. The lowest BCUT2D eigenvalue weighted by Gasteiger charge is -2.29. The molecule has 2 saturated carbocycles. The Morgan fingerprint density at radius 2 is 1.07 bits per heavy atom. The maximum Gasteiger partial charge on any atom is 0.0465 e. The Bertz CT molecular complexity index is 2490. The van der Waals surface area contributed by atoms with Crippen molar-refractivity contribution in [2.24, 2.45) is 0 Å². The molecule has 56 heavy (non-hydrogen) atoms. The second-order valence-corrected chi connectivity index (χ2v) is 17.3. The molecule has 7 aromatic carbocycles. The number of hydrogen-bond acceptors (Lipinski definition) is 1. The van der Waals surface area contributed by atoms with E-state index in [0.29, 0.717) is 11.8 Å². The van der Waals surface area contributed by atoms with E-state index < -0.39 is 0 Å². The second kappa shape index (κ2) is 14.6. The van der Waals surface area contributed by atoms with Crippen LogP contribution >= 0.6 is 0 Å². The minimum absolute atomic E-state index is 0.0738. The lowest BCUT2D eigenvalue weighted by atomic mass is 9.78. The average Bonchev–Trinajstić information content (AvgIpc) is 3.50. The van der Waals surface area contributed by atoms with Gasteiger partial charge in [0.15, 0.2) is 0 Å². The minimum atomic E-state index is -0.0738. The molecule has 0 spiro atoms. The molecule has 1 nitrogen and oxygen atoms in total. The second-order valence-electron chi connectivity index (χ2n) is 17.3. The van der Waals surface area contributed by atoms with Gasteiger partial charge in [0, 0.05) is 22.5 Å². The van der Waals surface area contributed by atoms with Crippen molar-refractivity contribution in [3.8, 4) is 33.4 Å². The molecule has 0 radical (unpaired) electrons. The molecule has 3 aliphatic carbocycles. The van der Waals surface area contributed by atoms with E-state index >= 15 is 0 Å². The Hall–Kier alpha value is -5.40. The Morgan fingerprint density at radius 1 is 0.446 bits per heavy atom. The molecule has 10 rings (SSSR count). The third-order valence-corrected chi connectivity index (χ3v) is 13.7. The van der Waals surface area contributed by atoms with Gasteiger partial charge in [-0.15, -0.1) is 0 Å².